The first-order valence-electron chi connectivity index (χ1n) is 14.2. The van der Waals surface area contributed by atoms with E-state index in [0.717, 1.165) is 10.8 Å². The quantitative estimate of drug-likeness (QED) is 0.272. The van der Waals surface area contributed by atoms with Gasteiger partial charge in [0, 0.05) is 43.8 Å². The molecule has 12 nitrogen and oxygen atoms in total. The number of anilines is 2. The van der Waals surface area contributed by atoms with Gasteiger partial charge in [0.1, 0.15) is 11.9 Å². The van der Waals surface area contributed by atoms with E-state index in [1.807, 2.05) is 43.3 Å². The van der Waals surface area contributed by atoms with Crippen molar-refractivity contribution in [1.82, 2.24) is 18.8 Å². The van der Waals surface area contributed by atoms with Gasteiger partial charge in [0.15, 0.2) is 5.03 Å². The number of aryl methyl sites for hydroxylation is 1. The predicted octanol–water partition coefficient (Wildman–Crippen LogP) is 3.76. The van der Waals surface area contributed by atoms with Gasteiger partial charge >= 0.3 is 6.03 Å². The Morgan fingerprint density at radius 1 is 1.16 bits per heavy atom. The number of aromatic nitrogens is 2. The Morgan fingerprint density at radius 2 is 1.91 bits per heavy atom. The minimum Gasteiger partial charge on any atom is -0.488 e. The molecule has 1 aromatic heterocycles. The lowest BCUT2D eigenvalue weighted by atomic mass is 9.99. The molecule has 4 aromatic rings. The van der Waals surface area contributed by atoms with Crippen molar-refractivity contribution >= 4 is 44.1 Å². The van der Waals surface area contributed by atoms with Gasteiger partial charge < -0.3 is 29.9 Å². The molecule has 0 bridgehead atoms. The second-order valence-corrected chi connectivity index (χ2v) is 13.1. The van der Waals surface area contributed by atoms with Crippen molar-refractivity contribution in [2.45, 2.75) is 31.0 Å². The summed E-state index contributed by atoms with van der Waals surface area (Å²) < 4.78 is 35.5. The number of amides is 3. The maximum Gasteiger partial charge on any atom is 0.323 e. The molecule has 0 unspecified atom stereocenters. The summed E-state index contributed by atoms with van der Waals surface area (Å²) in [4.78, 5) is 32.3. The van der Waals surface area contributed by atoms with Gasteiger partial charge in [0.05, 0.1) is 36.8 Å². The van der Waals surface area contributed by atoms with E-state index in [1.54, 1.807) is 41.6 Å². The minimum atomic E-state index is -3.90. The summed E-state index contributed by atoms with van der Waals surface area (Å²) in [6, 6.07) is 17.0. The molecule has 3 atom stereocenters. The van der Waals surface area contributed by atoms with E-state index in [-0.39, 0.29) is 47.9 Å². The first kappa shape index (κ1) is 31.0. The lowest BCUT2D eigenvalue weighted by Gasteiger charge is -2.38. The summed E-state index contributed by atoms with van der Waals surface area (Å²) in [6.45, 7) is 3.54. The number of imidazole rings is 1. The normalized spacial score (nSPS) is 17.9. The Labute approximate surface area is 256 Å². The molecule has 0 saturated carbocycles. The second-order valence-electron chi connectivity index (χ2n) is 11.1. The van der Waals surface area contributed by atoms with Crippen LogP contribution >= 0.6 is 0 Å². The molecule has 0 spiro atoms. The van der Waals surface area contributed by atoms with Crippen molar-refractivity contribution in [2.24, 2.45) is 13.0 Å². The molecule has 1 aliphatic heterocycles. The molecule has 0 radical (unpaired) electrons. The van der Waals surface area contributed by atoms with Crippen LogP contribution in [0.25, 0.3) is 10.8 Å². The van der Waals surface area contributed by atoms with Gasteiger partial charge in [-0.25, -0.2) is 18.2 Å². The van der Waals surface area contributed by atoms with Gasteiger partial charge in [-0.15, -0.1) is 0 Å². The number of likely N-dealkylation sites (N-methyl/N-ethyl adjacent to an activating group) is 1. The second kappa shape index (κ2) is 12.6. The average molecular weight is 621 g/mol. The molecule has 1 aliphatic rings. The average Bonchev–Trinajstić information content (AvgIpc) is 3.46. The number of nitrogens with zero attached hydrogens (tertiary/aromatic N) is 4. The van der Waals surface area contributed by atoms with Crippen molar-refractivity contribution in [2.75, 3.05) is 37.4 Å². The highest BCUT2D eigenvalue weighted by Crippen LogP contribution is 2.31. The van der Waals surface area contributed by atoms with Gasteiger partial charge in [-0.05, 0) is 36.6 Å². The Hall–Kier alpha value is -4.46. The zero-order chi connectivity index (χ0) is 31.6. The molecule has 2 heterocycles. The lowest BCUT2D eigenvalue weighted by molar-refractivity contribution is 0.0387. The Morgan fingerprint density at radius 3 is 2.64 bits per heavy atom. The van der Waals surface area contributed by atoms with Crippen LogP contribution in [0.1, 0.15) is 24.2 Å². The van der Waals surface area contributed by atoms with Crippen molar-refractivity contribution < 1.29 is 27.9 Å². The Bertz CT molecular complexity index is 1790. The molecule has 44 heavy (non-hydrogen) atoms. The van der Waals surface area contributed by atoms with Gasteiger partial charge in [0.25, 0.3) is 15.9 Å². The summed E-state index contributed by atoms with van der Waals surface area (Å²) >= 11 is 0. The lowest BCUT2D eigenvalue weighted by Crippen LogP contribution is -2.50. The van der Waals surface area contributed by atoms with Crippen LogP contribution in [0, 0.1) is 5.92 Å². The van der Waals surface area contributed by atoms with E-state index in [0.29, 0.717) is 11.4 Å². The first-order valence-corrected chi connectivity index (χ1v) is 15.6. The molecule has 3 amide bonds. The molecule has 13 heteroatoms. The van der Waals surface area contributed by atoms with E-state index in [1.165, 1.54) is 29.9 Å². The van der Waals surface area contributed by atoms with Crippen LogP contribution < -0.4 is 15.4 Å². The van der Waals surface area contributed by atoms with E-state index < -0.39 is 28.2 Å². The highest BCUT2D eigenvalue weighted by molar-refractivity contribution is 7.89. The smallest absolute Gasteiger partial charge is 0.323 e. The van der Waals surface area contributed by atoms with Crippen molar-refractivity contribution in [3.05, 3.63) is 78.8 Å². The molecule has 3 aromatic carbocycles. The van der Waals surface area contributed by atoms with Crippen molar-refractivity contribution in [1.29, 1.82) is 0 Å². The van der Waals surface area contributed by atoms with Gasteiger partial charge in [0.2, 0.25) is 0 Å². The molecular weight excluding hydrogens is 584 g/mol. The number of rotatable bonds is 8. The fraction of sp³-hybridized carbons (Fsp3) is 0.323. The fourth-order valence-corrected chi connectivity index (χ4v) is 6.31. The highest BCUT2D eigenvalue weighted by Gasteiger charge is 2.35. The van der Waals surface area contributed by atoms with Crippen molar-refractivity contribution in [3.63, 3.8) is 0 Å². The van der Waals surface area contributed by atoms with Crippen LogP contribution in [0.4, 0.5) is 16.2 Å². The number of sulfonamides is 1. The SMILES string of the molecule is C[C@@H]1CN([C@@H](C)CO)C(=O)c2cc(NC(=O)Nc3cccc4ccccc34)ccc2O[C@H]1CN(C)S(=O)(=O)c1cn(C)cn1. The van der Waals surface area contributed by atoms with Gasteiger partial charge in [-0.3, -0.25) is 4.79 Å². The number of benzene rings is 3. The van der Waals surface area contributed by atoms with Crippen LogP contribution in [0.2, 0.25) is 0 Å². The molecule has 5 rings (SSSR count). The molecule has 3 N–H and O–H groups in total. The van der Waals surface area contributed by atoms with Gasteiger partial charge in [-0.2, -0.15) is 4.31 Å². The number of ether oxygens (including phenoxy) is 1. The summed E-state index contributed by atoms with van der Waals surface area (Å²) in [5.41, 5.74) is 1.17. The number of hydrogen-bond donors (Lipinski definition) is 3. The Balaban J connectivity index is 1.41. The third-order valence-electron chi connectivity index (χ3n) is 7.75. The zero-order valence-electron chi connectivity index (χ0n) is 25.0. The van der Waals surface area contributed by atoms with Crippen LogP contribution in [-0.2, 0) is 17.1 Å². The third-order valence-corrected chi connectivity index (χ3v) is 9.46. The highest BCUT2D eigenvalue weighted by atomic mass is 32.2. The Kier molecular flexibility index (Phi) is 8.90. The monoisotopic (exact) mass is 620 g/mol. The van der Waals surface area contributed by atoms with Crippen LogP contribution in [0.5, 0.6) is 5.75 Å². The molecular formula is C31H36N6O6S. The molecule has 0 saturated heterocycles. The maximum atomic E-state index is 13.8. The van der Waals surface area contributed by atoms with E-state index >= 15 is 0 Å². The number of hydrogen-bond acceptors (Lipinski definition) is 7. The predicted molar refractivity (Wildman–Crippen MR) is 167 cm³/mol. The number of fused-ring (bicyclic) bond motifs is 2. The van der Waals surface area contributed by atoms with Crippen LogP contribution in [-0.4, -0.2) is 83.1 Å². The largest absolute Gasteiger partial charge is 0.488 e. The molecule has 232 valence electrons. The zero-order valence-corrected chi connectivity index (χ0v) is 25.8. The minimum absolute atomic E-state index is 0.0114. The summed E-state index contributed by atoms with van der Waals surface area (Å²) in [5.74, 6) is -0.434. The van der Waals surface area contributed by atoms with E-state index in [4.69, 9.17) is 4.74 Å². The molecule has 0 fully saturated rings. The topological polar surface area (TPSA) is 146 Å². The number of carbonyl (C=O) groups excluding carboxylic acids is 2. The van der Waals surface area contributed by atoms with E-state index in [2.05, 4.69) is 15.6 Å². The van der Waals surface area contributed by atoms with Gasteiger partial charge in [-0.1, -0.05) is 43.3 Å². The van der Waals surface area contributed by atoms with Crippen LogP contribution in [0.3, 0.4) is 0 Å². The standard InChI is InChI=1S/C31H36N6O6S/c1-20-15-37(21(2)18-38)30(39)25-14-23(33-31(40)34-26-11-7-9-22-8-5-6-10-24(22)26)12-13-27(25)43-28(20)16-36(4)44(41,42)29-17-35(3)19-32-29/h5-14,17,19-21,28,38H,15-16,18H2,1-4H3,(H2,33,34,40)/t20-,21+,28+/m1/s1. The van der Waals surface area contributed by atoms with E-state index in [9.17, 15) is 23.1 Å². The maximum absolute atomic E-state index is 13.8. The summed E-state index contributed by atoms with van der Waals surface area (Å²) in [7, 11) is -0.751. The fourth-order valence-electron chi connectivity index (χ4n) is 5.17. The summed E-state index contributed by atoms with van der Waals surface area (Å²) in [6.07, 6.45) is 2.20. The number of aliphatic hydroxyl groups excluding tert-OH is 1. The van der Waals surface area contributed by atoms with Crippen LogP contribution in [0.15, 0.2) is 78.2 Å². The number of carbonyl (C=O) groups is 2. The number of aliphatic hydroxyl groups is 1. The number of nitrogens with one attached hydrogen (secondary N) is 2. The third kappa shape index (κ3) is 6.39. The summed E-state index contributed by atoms with van der Waals surface area (Å²) in [5, 5.41) is 17.4. The number of urea groups is 1. The van der Waals surface area contributed by atoms with Crippen molar-refractivity contribution in [3.8, 4) is 5.75 Å². The first-order chi connectivity index (χ1) is 21.0. The molecule has 0 aliphatic carbocycles.